The number of rotatable bonds is 4. The highest BCUT2D eigenvalue weighted by Gasteiger charge is 2.34. The van der Waals surface area contributed by atoms with Crippen LogP contribution in [0.25, 0.3) is 0 Å². The lowest BCUT2D eigenvalue weighted by Gasteiger charge is -2.33. The number of hydrogen-bond acceptors (Lipinski definition) is 7. The minimum Gasteiger partial charge on any atom is -0.480 e. The third-order valence-electron chi connectivity index (χ3n) is 5.42. The van der Waals surface area contributed by atoms with E-state index in [0.717, 1.165) is 5.56 Å². The van der Waals surface area contributed by atoms with Crippen molar-refractivity contribution >= 4 is 29.3 Å². The Morgan fingerprint density at radius 3 is 2.80 bits per heavy atom. The molecule has 2 amide bonds. The van der Waals surface area contributed by atoms with Crippen LogP contribution >= 0.6 is 0 Å². The van der Waals surface area contributed by atoms with Crippen molar-refractivity contribution in [2.24, 2.45) is 0 Å². The number of anilines is 2. The molecule has 0 bridgehead atoms. The second kappa shape index (κ2) is 7.62. The largest absolute Gasteiger partial charge is 0.480 e. The van der Waals surface area contributed by atoms with Gasteiger partial charge in [-0.1, -0.05) is 6.92 Å². The SMILES string of the molecule is CCC(C(=O)O)N1CCc2cc(N3CCOc4ncnc(N)c4C3=O)ccc2C1=O. The van der Waals surface area contributed by atoms with Crippen LogP contribution in [0.2, 0.25) is 0 Å². The molecule has 0 fully saturated rings. The zero-order valence-electron chi connectivity index (χ0n) is 16.4. The number of carbonyl (C=O) groups excluding carboxylic acids is 2. The summed E-state index contributed by atoms with van der Waals surface area (Å²) in [5, 5.41) is 9.39. The van der Waals surface area contributed by atoms with Gasteiger partial charge in [-0.2, -0.15) is 0 Å². The number of fused-ring (bicyclic) bond motifs is 2. The number of nitrogen functional groups attached to an aromatic ring is 1. The molecule has 10 heteroatoms. The van der Waals surface area contributed by atoms with Crippen molar-refractivity contribution in [3.63, 3.8) is 0 Å². The molecule has 3 N–H and O–H groups in total. The number of aromatic nitrogens is 2. The molecule has 2 aliphatic heterocycles. The molecule has 0 saturated heterocycles. The predicted molar refractivity (Wildman–Crippen MR) is 107 cm³/mol. The van der Waals surface area contributed by atoms with E-state index in [-0.39, 0.29) is 42.2 Å². The van der Waals surface area contributed by atoms with Crippen molar-refractivity contribution in [2.45, 2.75) is 25.8 Å². The Morgan fingerprint density at radius 2 is 2.07 bits per heavy atom. The van der Waals surface area contributed by atoms with Gasteiger partial charge in [0.1, 0.15) is 30.4 Å². The second-order valence-corrected chi connectivity index (χ2v) is 7.10. The molecule has 4 rings (SSSR count). The quantitative estimate of drug-likeness (QED) is 0.758. The predicted octanol–water partition coefficient (Wildman–Crippen LogP) is 0.959. The number of benzene rings is 1. The molecule has 1 atom stereocenters. The fourth-order valence-electron chi connectivity index (χ4n) is 3.90. The van der Waals surface area contributed by atoms with E-state index >= 15 is 0 Å². The highest BCUT2D eigenvalue weighted by Crippen LogP contribution is 2.30. The summed E-state index contributed by atoms with van der Waals surface area (Å²) >= 11 is 0. The van der Waals surface area contributed by atoms with Crippen molar-refractivity contribution in [2.75, 3.05) is 30.3 Å². The highest BCUT2D eigenvalue weighted by atomic mass is 16.5. The summed E-state index contributed by atoms with van der Waals surface area (Å²) in [6.07, 6.45) is 2.08. The average Bonchev–Trinajstić information content (AvgIpc) is 2.89. The van der Waals surface area contributed by atoms with E-state index in [9.17, 15) is 19.5 Å². The first-order valence-electron chi connectivity index (χ1n) is 9.64. The maximum atomic E-state index is 13.1. The first kappa shape index (κ1) is 19.6. The first-order valence-corrected chi connectivity index (χ1v) is 9.64. The number of hydrogen-bond donors (Lipinski definition) is 2. The fourth-order valence-corrected chi connectivity index (χ4v) is 3.90. The molecule has 0 radical (unpaired) electrons. The van der Waals surface area contributed by atoms with Gasteiger partial charge in [-0.15, -0.1) is 0 Å². The third kappa shape index (κ3) is 3.19. The standard InChI is InChI=1S/C20H21N5O5/c1-2-14(20(28)29)25-6-5-11-9-12(3-4-13(11)18(25)26)24-7-8-30-17-15(19(24)27)16(21)22-10-23-17/h3-4,9-10,14H,2,5-8H2,1H3,(H,28,29)(H2,21,22,23). The topological polar surface area (TPSA) is 139 Å². The minimum absolute atomic E-state index is 0.0416. The van der Waals surface area contributed by atoms with Gasteiger partial charge in [0.05, 0.1) is 6.54 Å². The van der Waals surface area contributed by atoms with Gasteiger partial charge >= 0.3 is 5.97 Å². The van der Waals surface area contributed by atoms with Gasteiger partial charge in [0, 0.05) is 17.8 Å². The van der Waals surface area contributed by atoms with Gasteiger partial charge in [0.2, 0.25) is 5.88 Å². The number of nitrogens with zero attached hydrogens (tertiary/aromatic N) is 4. The van der Waals surface area contributed by atoms with Crippen molar-refractivity contribution in [3.8, 4) is 5.88 Å². The van der Waals surface area contributed by atoms with Crippen LogP contribution in [-0.4, -0.2) is 63.5 Å². The normalized spacial score (nSPS) is 17.0. The zero-order chi connectivity index (χ0) is 21.4. The van der Waals surface area contributed by atoms with E-state index in [1.165, 1.54) is 16.1 Å². The molecular weight excluding hydrogens is 390 g/mol. The maximum absolute atomic E-state index is 13.1. The molecule has 0 spiro atoms. The van der Waals surface area contributed by atoms with Crippen LogP contribution in [0.1, 0.15) is 39.6 Å². The molecule has 3 heterocycles. The highest BCUT2D eigenvalue weighted by molar-refractivity contribution is 6.11. The summed E-state index contributed by atoms with van der Waals surface area (Å²) in [5.41, 5.74) is 7.81. The molecule has 2 aliphatic rings. The molecule has 30 heavy (non-hydrogen) atoms. The van der Waals surface area contributed by atoms with E-state index in [2.05, 4.69) is 9.97 Å². The van der Waals surface area contributed by atoms with Gasteiger partial charge in [0.15, 0.2) is 0 Å². The molecule has 10 nitrogen and oxygen atoms in total. The summed E-state index contributed by atoms with van der Waals surface area (Å²) in [6.45, 7) is 2.56. The van der Waals surface area contributed by atoms with Crippen LogP contribution in [0.5, 0.6) is 5.88 Å². The number of carboxylic acids is 1. The molecule has 0 aliphatic carbocycles. The van der Waals surface area contributed by atoms with Crippen molar-refractivity contribution < 1.29 is 24.2 Å². The van der Waals surface area contributed by atoms with Crippen molar-refractivity contribution in [1.82, 2.24) is 14.9 Å². The minimum atomic E-state index is -1.01. The summed E-state index contributed by atoms with van der Waals surface area (Å²) in [7, 11) is 0. The summed E-state index contributed by atoms with van der Waals surface area (Å²) in [5.74, 6) is -1.51. The lowest BCUT2D eigenvalue weighted by Crippen LogP contribution is -2.48. The Hall–Kier alpha value is -3.69. The number of aliphatic carboxylic acids is 1. The first-order chi connectivity index (χ1) is 14.4. The van der Waals surface area contributed by atoms with Gasteiger partial charge in [-0.05, 0) is 36.6 Å². The lowest BCUT2D eigenvalue weighted by atomic mass is 9.96. The Bertz CT molecular complexity index is 1040. The summed E-state index contributed by atoms with van der Waals surface area (Å²) in [4.78, 5) is 48.2. The third-order valence-corrected chi connectivity index (χ3v) is 5.42. The zero-order valence-corrected chi connectivity index (χ0v) is 16.4. The van der Waals surface area contributed by atoms with Crippen LogP contribution in [-0.2, 0) is 11.2 Å². The maximum Gasteiger partial charge on any atom is 0.326 e. The average molecular weight is 411 g/mol. The fraction of sp³-hybridized carbons (Fsp3) is 0.350. The van der Waals surface area contributed by atoms with E-state index in [1.807, 2.05) is 0 Å². The Kier molecular flexibility index (Phi) is 4.98. The Balaban J connectivity index is 1.66. The molecule has 0 saturated carbocycles. The Labute approximate surface area is 172 Å². The monoisotopic (exact) mass is 411 g/mol. The van der Waals surface area contributed by atoms with Crippen LogP contribution in [0.15, 0.2) is 24.5 Å². The summed E-state index contributed by atoms with van der Waals surface area (Å²) < 4.78 is 5.55. The van der Waals surface area contributed by atoms with Crippen LogP contribution < -0.4 is 15.4 Å². The van der Waals surface area contributed by atoms with Gasteiger partial charge in [0.25, 0.3) is 11.8 Å². The van der Waals surface area contributed by atoms with Gasteiger partial charge in [-0.3, -0.25) is 9.59 Å². The Morgan fingerprint density at radius 1 is 1.27 bits per heavy atom. The van der Waals surface area contributed by atoms with E-state index in [0.29, 0.717) is 30.6 Å². The van der Waals surface area contributed by atoms with E-state index in [1.54, 1.807) is 25.1 Å². The van der Waals surface area contributed by atoms with Crippen LogP contribution in [0.3, 0.4) is 0 Å². The van der Waals surface area contributed by atoms with E-state index < -0.39 is 12.0 Å². The molecule has 156 valence electrons. The smallest absolute Gasteiger partial charge is 0.326 e. The second-order valence-electron chi connectivity index (χ2n) is 7.10. The van der Waals surface area contributed by atoms with Crippen molar-refractivity contribution in [3.05, 3.63) is 41.2 Å². The lowest BCUT2D eigenvalue weighted by molar-refractivity contribution is -0.142. The number of nitrogens with two attached hydrogens (primary N) is 1. The number of ether oxygens (including phenoxy) is 1. The van der Waals surface area contributed by atoms with E-state index in [4.69, 9.17) is 10.5 Å². The molecule has 1 aromatic heterocycles. The van der Waals surface area contributed by atoms with Gasteiger partial charge < -0.3 is 25.4 Å². The summed E-state index contributed by atoms with van der Waals surface area (Å²) in [6, 6.07) is 4.24. The van der Waals surface area contributed by atoms with Gasteiger partial charge in [-0.25, -0.2) is 14.8 Å². The number of amides is 2. The molecule has 1 unspecified atom stereocenters. The number of carbonyl (C=O) groups is 3. The molecule has 2 aromatic rings. The van der Waals surface area contributed by atoms with Crippen LogP contribution in [0.4, 0.5) is 11.5 Å². The molecular formula is C20H21N5O5. The number of carboxylic acid groups (broad SMARTS) is 1. The molecule has 1 aromatic carbocycles. The van der Waals surface area contributed by atoms with Crippen molar-refractivity contribution in [1.29, 1.82) is 0 Å². The van der Waals surface area contributed by atoms with Crippen LogP contribution in [0, 0.1) is 0 Å².